The summed E-state index contributed by atoms with van der Waals surface area (Å²) in [6.07, 6.45) is 1.72. The first kappa shape index (κ1) is 34.6. The zero-order chi connectivity index (χ0) is 31.4. The molecule has 0 aromatic heterocycles. The van der Waals surface area contributed by atoms with Gasteiger partial charge in [0.25, 0.3) is 5.91 Å². The van der Waals surface area contributed by atoms with E-state index in [0.717, 1.165) is 19.3 Å². The average molecular weight is 591 g/mol. The monoisotopic (exact) mass is 590 g/mol. The minimum atomic E-state index is -1.42. The smallest absolute Gasteiger partial charge is 0.332 e. The van der Waals surface area contributed by atoms with Gasteiger partial charge < -0.3 is 30.0 Å². The number of phenols is 1. The van der Waals surface area contributed by atoms with Crippen LogP contribution < -0.4 is 10.6 Å². The van der Waals surface area contributed by atoms with E-state index in [9.17, 15) is 29.1 Å². The van der Waals surface area contributed by atoms with E-state index in [-0.39, 0.29) is 17.7 Å². The van der Waals surface area contributed by atoms with Crippen LogP contribution in [0.25, 0.3) is 0 Å². The summed E-state index contributed by atoms with van der Waals surface area (Å²) in [7, 11) is 0. The van der Waals surface area contributed by atoms with Crippen molar-refractivity contribution in [2.24, 2.45) is 17.8 Å². The fraction of sp³-hybridized carbons (Fsp3) is 0.645. The minimum absolute atomic E-state index is 0.000938. The van der Waals surface area contributed by atoms with Gasteiger partial charge in [-0.25, -0.2) is 4.79 Å². The molecule has 3 N–H and O–H groups in total. The van der Waals surface area contributed by atoms with Gasteiger partial charge in [-0.1, -0.05) is 59.4 Å². The van der Waals surface area contributed by atoms with Gasteiger partial charge in [0.1, 0.15) is 12.2 Å². The highest BCUT2D eigenvalue weighted by Gasteiger charge is 2.44. The molecule has 0 aliphatic carbocycles. The number of phenolic OH excluding ortho intramolecular Hbond substituents is 1. The lowest BCUT2D eigenvalue weighted by atomic mass is 9.90. The van der Waals surface area contributed by atoms with Gasteiger partial charge in [0.15, 0.2) is 17.9 Å². The molecule has 1 fully saturated rings. The highest BCUT2D eigenvalue weighted by atomic mass is 16.6. The molecule has 234 valence electrons. The van der Waals surface area contributed by atoms with Crippen LogP contribution in [-0.4, -0.2) is 59.7 Å². The van der Waals surface area contributed by atoms with E-state index >= 15 is 0 Å². The Balaban J connectivity index is 2.33. The molecule has 1 aromatic rings. The van der Waals surface area contributed by atoms with Crippen molar-refractivity contribution in [1.29, 1.82) is 0 Å². The molecule has 7 atom stereocenters. The van der Waals surface area contributed by atoms with Gasteiger partial charge in [0, 0.05) is 6.42 Å². The molecule has 1 saturated heterocycles. The van der Waals surface area contributed by atoms with Crippen LogP contribution in [0.5, 0.6) is 5.75 Å². The molecule has 2 amide bonds. The number of carbonyl (C=O) groups is 5. The maximum Gasteiger partial charge on any atom is 0.332 e. The second kappa shape index (κ2) is 16.7. The SMILES string of the molecule is CCC(C)CCCC1C(=O)OC(C)C(NC(=O)c2cccc(NC=O)c2O)C(=O)OC(C)C1OC(=O)CCC(C)CC. The van der Waals surface area contributed by atoms with Crippen molar-refractivity contribution >= 4 is 35.9 Å². The van der Waals surface area contributed by atoms with Crippen LogP contribution >= 0.6 is 0 Å². The predicted octanol–water partition coefficient (Wildman–Crippen LogP) is 4.51. The summed E-state index contributed by atoms with van der Waals surface area (Å²) in [6.45, 7) is 11.3. The van der Waals surface area contributed by atoms with Crippen LogP contribution in [-0.2, 0) is 33.4 Å². The number of esters is 3. The molecule has 0 bridgehead atoms. The molecule has 1 aliphatic rings. The fourth-order valence-electron chi connectivity index (χ4n) is 4.75. The lowest BCUT2D eigenvalue weighted by Gasteiger charge is -2.29. The van der Waals surface area contributed by atoms with Crippen LogP contribution in [0.3, 0.4) is 0 Å². The Hall–Kier alpha value is -3.63. The number of anilines is 1. The molecular weight excluding hydrogens is 544 g/mol. The largest absolute Gasteiger partial charge is 0.505 e. The summed E-state index contributed by atoms with van der Waals surface area (Å²) in [5.41, 5.74) is -0.210. The number of para-hydroxylation sites is 1. The third-order valence-electron chi connectivity index (χ3n) is 7.99. The Labute approximate surface area is 248 Å². The molecule has 11 heteroatoms. The first-order valence-electron chi connectivity index (χ1n) is 14.9. The molecule has 1 aromatic carbocycles. The summed E-state index contributed by atoms with van der Waals surface area (Å²) in [6, 6.07) is 2.72. The Kier molecular flexibility index (Phi) is 13.8. The van der Waals surface area contributed by atoms with Crippen LogP contribution in [0.4, 0.5) is 5.69 Å². The Morgan fingerprint density at radius 2 is 1.67 bits per heavy atom. The van der Waals surface area contributed by atoms with Crippen molar-refractivity contribution in [2.45, 2.75) is 111 Å². The van der Waals surface area contributed by atoms with Crippen LogP contribution in [0.2, 0.25) is 0 Å². The molecule has 42 heavy (non-hydrogen) atoms. The summed E-state index contributed by atoms with van der Waals surface area (Å²) >= 11 is 0. The highest BCUT2D eigenvalue weighted by molar-refractivity contribution is 6.01. The number of amides is 2. The van der Waals surface area contributed by atoms with Gasteiger partial charge in [-0.2, -0.15) is 0 Å². The van der Waals surface area contributed by atoms with E-state index in [2.05, 4.69) is 24.5 Å². The van der Waals surface area contributed by atoms with Crippen molar-refractivity contribution < 1.29 is 43.3 Å². The normalized spacial score (nSPS) is 24.1. The molecule has 1 aliphatic heterocycles. The van der Waals surface area contributed by atoms with Gasteiger partial charge in [0.2, 0.25) is 6.41 Å². The van der Waals surface area contributed by atoms with Crippen LogP contribution in [0.15, 0.2) is 18.2 Å². The molecule has 11 nitrogen and oxygen atoms in total. The first-order valence-corrected chi connectivity index (χ1v) is 14.9. The molecule has 2 rings (SSSR count). The Bertz CT molecular complexity index is 1090. The Morgan fingerprint density at radius 1 is 1.02 bits per heavy atom. The van der Waals surface area contributed by atoms with Crippen molar-refractivity contribution in [3.63, 3.8) is 0 Å². The summed E-state index contributed by atoms with van der Waals surface area (Å²) in [4.78, 5) is 63.6. The highest BCUT2D eigenvalue weighted by Crippen LogP contribution is 2.29. The van der Waals surface area contributed by atoms with E-state index in [0.29, 0.717) is 37.5 Å². The number of cyclic esters (lactones) is 2. The molecule has 0 spiro atoms. The number of hydrogen-bond donors (Lipinski definition) is 3. The number of rotatable bonds is 14. The van der Waals surface area contributed by atoms with Gasteiger partial charge in [-0.3, -0.25) is 19.2 Å². The predicted molar refractivity (Wildman–Crippen MR) is 156 cm³/mol. The summed E-state index contributed by atoms with van der Waals surface area (Å²) in [5, 5.41) is 15.2. The lowest BCUT2D eigenvalue weighted by Crippen LogP contribution is -2.50. The summed E-state index contributed by atoms with van der Waals surface area (Å²) in [5.74, 6) is -3.49. The molecular formula is C31H46N2O9. The minimum Gasteiger partial charge on any atom is -0.505 e. The van der Waals surface area contributed by atoms with E-state index in [1.165, 1.54) is 25.1 Å². The quantitative estimate of drug-likeness (QED) is 0.123. The molecule has 0 radical (unpaired) electrons. The van der Waals surface area contributed by atoms with E-state index in [4.69, 9.17) is 14.2 Å². The van der Waals surface area contributed by atoms with Gasteiger partial charge in [-0.05, 0) is 50.7 Å². The Morgan fingerprint density at radius 3 is 2.31 bits per heavy atom. The number of ether oxygens (including phenoxy) is 3. The zero-order valence-corrected chi connectivity index (χ0v) is 25.5. The van der Waals surface area contributed by atoms with E-state index in [1.54, 1.807) is 6.92 Å². The second-order valence-corrected chi connectivity index (χ2v) is 11.3. The third-order valence-corrected chi connectivity index (χ3v) is 7.99. The van der Waals surface area contributed by atoms with E-state index in [1.807, 2.05) is 13.8 Å². The first-order chi connectivity index (χ1) is 19.9. The molecule has 1 heterocycles. The van der Waals surface area contributed by atoms with Crippen molar-refractivity contribution in [3.05, 3.63) is 23.8 Å². The molecule has 0 saturated carbocycles. The van der Waals surface area contributed by atoms with Crippen molar-refractivity contribution in [2.75, 3.05) is 5.32 Å². The van der Waals surface area contributed by atoms with E-state index < -0.39 is 59.8 Å². The topological polar surface area (TPSA) is 157 Å². The maximum atomic E-state index is 13.5. The van der Waals surface area contributed by atoms with Gasteiger partial charge in [-0.15, -0.1) is 0 Å². The number of aromatic hydroxyl groups is 1. The van der Waals surface area contributed by atoms with Gasteiger partial charge in [0.05, 0.1) is 17.2 Å². The standard InChI is InChI=1S/C31H46N2O9/c1-7-18(3)11-9-13-23-28(42-25(35)16-15-19(4)8-2)21(6)41-31(39)26(20(5)40-30(23)38)33-29(37)22-12-10-14-24(27(22)36)32-17-34/h10,12,14,17-21,23,26,28,36H,7-9,11,13,15-16H2,1-6H3,(H,32,34)(H,33,37). The number of benzene rings is 1. The number of hydrogen-bond acceptors (Lipinski definition) is 9. The fourth-order valence-corrected chi connectivity index (χ4v) is 4.75. The van der Waals surface area contributed by atoms with Crippen LogP contribution in [0, 0.1) is 17.8 Å². The number of nitrogens with one attached hydrogen (secondary N) is 2. The average Bonchev–Trinajstić information content (AvgIpc) is 2.98. The lowest BCUT2D eigenvalue weighted by molar-refractivity contribution is -0.175. The van der Waals surface area contributed by atoms with Crippen LogP contribution in [0.1, 0.15) is 96.8 Å². The van der Waals surface area contributed by atoms with Crippen molar-refractivity contribution in [1.82, 2.24) is 5.32 Å². The zero-order valence-electron chi connectivity index (χ0n) is 25.5. The van der Waals surface area contributed by atoms with Gasteiger partial charge >= 0.3 is 17.9 Å². The molecule has 7 unspecified atom stereocenters. The summed E-state index contributed by atoms with van der Waals surface area (Å²) < 4.78 is 17.2. The second-order valence-electron chi connectivity index (χ2n) is 11.3. The number of carbonyl (C=O) groups excluding carboxylic acids is 5. The maximum absolute atomic E-state index is 13.5. The van der Waals surface area contributed by atoms with Crippen molar-refractivity contribution in [3.8, 4) is 5.75 Å². The third kappa shape index (κ3) is 9.73.